The van der Waals surface area contributed by atoms with E-state index in [-0.39, 0.29) is 17.7 Å². The number of anilines is 1. The SMILES string of the molecule is O=C1C=CC(=O)N1c1ccc(C#CCCl)cc1. The van der Waals surface area contributed by atoms with Crippen molar-refractivity contribution in [3.8, 4) is 11.8 Å². The molecule has 4 heteroatoms. The van der Waals surface area contributed by atoms with Crippen molar-refractivity contribution in [3.63, 3.8) is 0 Å². The van der Waals surface area contributed by atoms with Gasteiger partial charge in [0.05, 0.1) is 11.6 Å². The zero-order valence-corrected chi connectivity index (χ0v) is 9.57. The van der Waals surface area contributed by atoms with Crippen LogP contribution in [0.15, 0.2) is 36.4 Å². The standard InChI is InChI=1S/C13H8ClNO2/c14-9-1-2-10-3-5-11(6-4-10)15-12(16)7-8-13(15)17/h3-8H,9H2. The number of hydrogen-bond donors (Lipinski definition) is 0. The Bertz CT molecular complexity index is 531. The summed E-state index contributed by atoms with van der Waals surface area (Å²) in [5, 5.41) is 0. The van der Waals surface area contributed by atoms with Gasteiger partial charge in [-0.3, -0.25) is 9.59 Å². The minimum Gasteiger partial charge on any atom is -0.269 e. The second-order valence-electron chi connectivity index (χ2n) is 3.33. The highest BCUT2D eigenvalue weighted by atomic mass is 35.5. The summed E-state index contributed by atoms with van der Waals surface area (Å²) in [5.74, 6) is 5.20. The summed E-state index contributed by atoms with van der Waals surface area (Å²) in [4.78, 5) is 23.9. The second kappa shape index (κ2) is 4.86. The molecule has 2 amide bonds. The molecule has 0 aliphatic carbocycles. The van der Waals surface area contributed by atoms with Crippen molar-refractivity contribution >= 4 is 29.1 Å². The summed E-state index contributed by atoms with van der Waals surface area (Å²) < 4.78 is 0. The molecule has 0 spiro atoms. The van der Waals surface area contributed by atoms with Gasteiger partial charge in [-0.25, -0.2) is 4.90 Å². The Morgan fingerprint density at radius 1 is 1.06 bits per heavy atom. The molecule has 3 nitrogen and oxygen atoms in total. The molecule has 17 heavy (non-hydrogen) atoms. The van der Waals surface area contributed by atoms with Gasteiger partial charge in [-0.2, -0.15) is 0 Å². The van der Waals surface area contributed by atoms with Gasteiger partial charge in [0.15, 0.2) is 0 Å². The first-order chi connectivity index (χ1) is 8.22. The number of halogens is 1. The molecule has 0 N–H and O–H groups in total. The van der Waals surface area contributed by atoms with Crippen molar-refractivity contribution in [1.82, 2.24) is 0 Å². The Labute approximate surface area is 104 Å². The molecular weight excluding hydrogens is 238 g/mol. The van der Waals surface area contributed by atoms with Crippen molar-refractivity contribution in [1.29, 1.82) is 0 Å². The van der Waals surface area contributed by atoms with E-state index >= 15 is 0 Å². The first kappa shape index (κ1) is 11.4. The van der Waals surface area contributed by atoms with E-state index in [0.717, 1.165) is 10.5 Å². The first-order valence-electron chi connectivity index (χ1n) is 4.93. The number of carbonyl (C=O) groups excluding carboxylic acids is 2. The molecule has 0 saturated heterocycles. The molecule has 1 aliphatic rings. The number of hydrogen-bond acceptors (Lipinski definition) is 2. The lowest BCUT2D eigenvalue weighted by Gasteiger charge is -2.13. The molecule has 0 saturated carbocycles. The third-order valence-corrected chi connectivity index (χ3v) is 2.37. The summed E-state index contributed by atoms with van der Waals surface area (Å²) >= 11 is 5.45. The van der Waals surface area contributed by atoms with Crippen molar-refractivity contribution in [2.75, 3.05) is 10.8 Å². The molecule has 1 aliphatic heterocycles. The number of benzene rings is 1. The van der Waals surface area contributed by atoms with Crippen LogP contribution in [0.1, 0.15) is 5.56 Å². The van der Waals surface area contributed by atoms with E-state index in [9.17, 15) is 9.59 Å². The average Bonchev–Trinajstić information content (AvgIpc) is 2.67. The van der Waals surface area contributed by atoms with Crippen LogP contribution in [0.5, 0.6) is 0 Å². The fraction of sp³-hybridized carbons (Fsp3) is 0.0769. The van der Waals surface area contributed by atoms with Crippen molar-refractivity contribution in [2.24, 2.45) is 0 Å². The molecule has 0 atom stereocenters. The average molecular weight is 246 g/mol. The van der Waals surface area contributed by atoms with Crippen LogP contribution in [0.4, 0.5) is 5.69 Å². The molecule has 2 rings (SSSR count). The monoisotopic (exact) mass is 245 g/mol. The van der Waals surface area contributed by atoms with E-state index in [0.29, 0.717) is 5.69 Å². The van der Waals surface area contributed by atoms with Crippen LogP contribution in [0.2, 0.25) is 0 Å². The molecule has 0 fully saturated rings. The number of rotatable bonds is 1. The van der Waals surface area contributed by atoms with Crippen molar-refractivity contribution in [3.05, 3.63) is 42.0 Å². The zero-order valence-electron chi connectivity index (χ0n) is 8.81. The molecule has 0 bridgehead atoms. The lowest BCUT2D eigenvalue weighted by atomic mass is 10.2. The largest absolute Gasteiger partial charge is 0.269 e. The van der Waals surface area contributed by atoms with Crippen LogP contribution in [-0.4, -0.2) is 17.7 Å². The maximum atomic E-state index is 11.4. The third kappa shape index (κ3) is 2.38. The molecule has 1 aromatic carbocycles. The fourth-order valence-electron chi connectivity index (χ4n) is 1.48. The van der Waals surface area contributed by atoms with Crippen LogP contribution >= 0.6 is 11.6 Å². The quantitative estimate of drug-likeness (QED) is 0.429. The number of imide groups is 1. The van der Waals surface area contributed by atoms with Gasteiger partial charge in [0, 0.05) is 17.7 Å². The van der Waals surface area contributed by atoms with Crippen LogP contribution < -0.4 is 4.90 Å². The number of carbonyl (C=O) groups is 2. The van der Waals surface area contributed by atoms with E-state index < -0.39 is 0 Å². The molecule has 0 radical (unpaired) electrons. The van der Waals surface area contributed by atoms with Gasteiger partial charge >= 0.3 is 0 Å². The van der Waals surface area contributed by atoms with Gasteiger partial charge in [-0.1, -0.05) is 11.8 Å². The summed E-state index contributed by atoms with van der Waals surface area (Å²) in [6.07, 6.45) is 2.51. The first-order valence-corrected chi connectivity index (χ1v) is 5.47. The molecule has 0 unspecified atom stereocenters. The van der Waals surface area contributed by atoms with Gasteiger partial charge < -0.3 is 0 Å². The molecule has 1 heterocycles. The predicted octanol–water partition coefficient (Wildman–Crippen LogP) is 1.71. The summed E-state index contributed by atoms with van der Waals surface area (Å²) in [5.41, 5.74) is 1.34. The maximum absolute atomic E-state index is 11.4. The Kier molecular flexibility index (Phi) is 3.27. The van der Waals surface area contributed by atoms with Crippen LogP contribution in [0, 0.1) is 11.8 Å². The number of nitrogens with zero attached hydrogens (tertiary/aromatic N) is 1. The second-order valence-corrected chi connectivity index (χ2v) is 3.59. The van der Waals surface area contributed by atoms with Crippen molar-refractivity contribution < 1.29 is 9.59 Å². The van der Waals surface area contributed by atoms with Crippen molar-refractivity contribution in [2.45, 2.75) is 0 Å². The Balaban J connectivity index is 2.24. The zero-order chi connectivity index (χ0) is 12.3. The number of amides is 2. The Hall–Kier alpha value is -2.05. The maximum Gasteiger partial charge on any atom is 0.258 e. The van der Waals surface area contributed by atoms with Gasteiger partial charge in [-0.05, 0) is 24.3 Å². The summed E-state index contributed by atoms with van der Waals surface area (Å²) in [7, 11) is 0. The van der Waals surface area contributed by atoms with Crippen LogP contribution in [-0.2, 0) is 9.59 Å². The van der Waals surface area contributed by atoms with E-state index in [1.165, 1.54) is 12.2 Å². The highest BCUT2D eigenvalue weighted by Gasteiger charge is 2.24. The molecule has 1 aromatic rings. The summed E-state index contributed by atoms with van der Waals surface area (Å²) in [6.45, 7) is 0. The van der Waals surface area contributed by atoms with Gasteiger partial charge in [0.1, 0.15) is 0 Å². The van der Waals surface area contributed by atoms with E-state index in [2.05, 4.69) is 11.8 Å². The normalized spacial score (nSPS) is 13.8. The molecule has 84 valence electrons. The van der Waals surface area contributed by atoms with E-state index in [1.807, 2.05) is 0 Å². The Morgan fingerprint density at radius 2 is 1.65 bits per heavy atom. The van der Waals surface area contributed by atoms with Crippen LogP contribution in [0.25, 0.3) is 0 Å². The van der Waals surface area contributed by atoms with Gasteiger partial charge in [0.2, 0.25) is 0 Å². The predicted molar refractivity (Wildman–Crippen MR) is 65.7 cm³/mol. The van der Waals surface area contributed by atoms with E-state index in [1.54, 1.807) is 24.3 Å². The minimum absolute atomic E-state index is 0.273. The van der Waals surface area contributed by atoms with Crippen LogP contribution in [0.3, 0.4) is 0 Å². The van der Waals surface area contributed by atoms with Gasteiger partial charge in [0.25, 0.3) is 11.8 Å². The number of alkyl halides is 1. The lowest BCUT2D eigenvalue weighted by Crippen LogP contribution is -2.29. The lowest BCUT2D eigenvalue weighted by molar-refractivity contribution is -0.119. The van der Waals surface area contributed by atoms with E-state index in [4.69, 9.17) is 11.6 Å². The molecule has 0 aromatic heterocycles. The minimum atomic E-state index is -0.324. The highest BCUT2D eigenvalue weighted by molar-refractivity contribution is 6.28. The Morgan fingerprint density at radius 3 is 2.18 bits per heavy atom. The smallest absolute Gasteiger partial charge is 0.258 e. The fourth-order valence-corrected chi connectivity index (χ4v) is 1.55. The third-order valence-electron chi connectivity index (χ3n) is 2.23. The van der Waals surface area contributed by atoms with Gasteiger partial charge in [-0.15, -0.1) is 11.6 Å². The highest BCUT2D eigenvalue weighted by Crippen LogP contribution is 2.19. The molecular formula is C13H8ClNO2. The summed E-state index contributed by atoms with van der Waals surface area (Å²) in [6, 6.07) is 6.85. The topological polar surface area (TPSA) is 37.4 Å².